The number of para-hydroxylation sites is 1. The summed E-state index contributed by atoms with van der Waals surface area (Å²) in [4.78, 5) is 36.8. The molecule has 0 unspecified atom stereocenters. The quantitative estimate of drug-likeness (QED) is 0.245. The molecule has 4 aromatic rings. The van der Waals surface area contributed by atoms with Gasteiger partial charge in [0.05, 0.1) is 31.6 Å². The van der Waals surface area contributed by atoms with Gasteiger partial charge in [-0.15, -0.1) is 0 Å². The first-order valence-electron chi connectivity index (χ1n) is 15.5. The molecule has 4 heterocycles. The molecule has 45 heavy (non-hydrogen) atoms. The van der Waals surface area contributed by atoms with Crippen LogP contribution in [0.15, 0.2) is 60.9 Å². The average Bonchev–Trinajstić information content (AvgIpc) is 3.02. The number of aryl methyl sites for hydroxylation is 2. The molecule has 0 bridgehead atoms. The van der Waals surface area contributed by atoms with Crippen molar-refractivity contribution < 1.29 is 14.3 Å². The van der Waals surface area contributed by atoms with Crippen LogP contribution in [0.2, 0.25) is 0 Å². The number of piperazine rings is 1. The SMILES string of the molecule is COc1ccc(N2C(=O)N(c3c(C)cccc3C)Cc3cnc(Cc4ccc(N5CCN(C)CC5)cc4OC(C)C)nc32)nc1. The maximum Gasteiger partial charge on any atom is 0.336 e. The van der Waals surface area contributed by atoms with E-state index in [0.717, 1.165) is 65.6 Å². The molecule has 1 saturated heterocycles. The second-order valence-electron chi connectivity index (χ2n) is 12.1. The van der Waals surface area contributed by atoms with Crippen molar-refractivity contribution in [1.82, 2.24) is 19.9 Å². The third-order valence-corrected chi connectivity index (χ3v) is 8.38. The molecule has 0 N–H and O–H groups in total. The minimum absolute atomic E-state index is 0.0149. The minimum Gasteiger partial charge on any atom is -0.495 e. The number of amides is 2. The summed E-state index contributed by atoms with van der Waals surface area (Å²) in [7, 11) is 3.75. The van der Waals surface area contributed by atoms with Gasteiger partial charge in [0.1, 0.15) is 23.1 Å². The van der Waals surface area contributed by atoms with Crippen LogP contribution in [0.1, 0.15) is 41.9 Å². The van der Waals surface area contributed by atoms with E-state index in [0.29, 0.717) is 36.2 Å². The maximum absolute atomic E-state index is 14.3. The van der Waals surface area contributed by atoms with Crippen molar-refractivity contribution in [2.45, 2.75) is 46.8 Å². The van der Waals surface area contributed by atoms with Gasteiger partial charge in [0, 0.05) is 61.7 Å². The number of hydrogen-bond donors (Lipinski definition) is 0. The molecule has 0 atom stereocenters. The molecule has 0 radical (unpaired) electrons. The Bertz CT molecular complexity index is 1660. The minimum atomic E-state index is -0.220. The Hall–Kier alpha value is -4.70. The fourth-order valence-corrected chi connectivity index (χ4v) is 6.00. The lowest BCUT2D eigenvalue weighted by Gasteiger charge is -2.36. The number of anilines is 4. The Morgan fingerprint density at radius 1 is 0.933 bits per heavy atom. The topological polar surface area (TPSA) is 87.2 Å². The van der Waals surface area contributed by atoms with E-state index in [2.05, 4.69) is 40.0 Å². The van der Waals surface area contributed by atoms with Gasteiger partial charge in [0.25, 0.3) is 0 Å². The molecule has 234 valence electrons. The molecule has 0 spiro atoms. The van der Waals surface area contributed by atoms with Crippen LogP contribution in [0.25, 0.3) is 0 Å². The highest BCUT2D eigenvalue weighted by Crippen LogP contribution is 2.38. The lowest BCUT2D eigenvalue weighted by Crippen LogP contribution is -2.46. The third kappa shape index (κ3) is 6.28. The van der Waals surface area contributed by atoms with Crippen molar-refractivity contribution in [3.05, 3.63) is 89.0 Å². The smallest absolute Gasteiger partial charge is 0.336 e. The number of fused-ring (bicyclic) bond motifs is 1. The van der Waals surface area contributed by atoms with Gasteiger partial charge in [0.15, 0.2) is 5.82 Å². The molecule has 2 aromatic carbocycles. The van der Waals surface area contributed by atoms with Crippen LogP contribution >= 0.6 is 0 Å². The fraction of sp³-hybridized carbons (Fsp3) is 0.371. The van der Waals surface area contributed by atoms with Gasteiger partial charge in [-0.3, -0.25) is 4.90 Å². The van der Waals surface area contributed by atoms with E-state index in [1.165, 1.54) is 0 Å². The molecule has 0 aliphatic carbocycles. The lowest BCUT2D eigenvalue weighted by molar-refractivity contribution is 0.240. The highest BCUT2D eigenvalue weighted by molar-refractivity contribution is 6.10. The molecule has 1 fully saturated rings. The van der Waals surface area contributed by atoms with Crippen LogP contribution in [0.5, 0.6) is 11.5 Å². The van der Waals surface area contributed by atoms with E-state index < -0.39 is 0 Å². The van der Waals surface area contributed by atoms with Gasteiger partial charge in [-0.2, -0.15) is 0 Å². The molecule has 2 aromatic heterocycles. The highest BCUT2D eigenvalue weighted by atomic mass is 16.5. The predicted octanol–water partition coefficient (Wildman–Crippen LogP) is 5.91. The number of ether oxygens (including phenoxy) is 2. The number of methoxy groups -OCH3 is 1. The van der Waals surface area contributed by atoms with Gasteiger partial charge in [0.2, 0.25) is 0 Å². The molecule has 6 rings (SSSR count). The number of nitrogens with zero attached hydrogens (tertiary/aromatic N) is 7. The number of carbonyl (C=O) groups excluding carboxylic acids is 1. The zero-order chi connectivity index (χ0) is 31.7. The van der Waals surface area contributed by atoms with E-state index in [4.69, 9.17) is 19.4 Å². The molecular formula is C35H41N7O3. The summed E-state index contributed by atoms with van der Waals surface area (Å²) >= 11 is 0. The first-order chi connectivity index (χ1) is 21.7. The Balaban J connectivity index is 1.37. The highest BCUT2D eigenvalue weighted by Gasteiger charge is 2.36. The van der Waals surface area contributed by atoms with Crippen molar-refractivity contribution in [2.75, 3.05) is 55.0 Å². The van der Waals surface area contributed by atoms with Crippen molar-refractivity contribution >= 4 is 29.0 Å². The van der Waals surface area contributed by atoms with Crippen molar-refractivity contribution in [2.24, 2.45) is 0 Å². The van der Waals surface area contributed by atoms with Crippen molar-refractivity contribution in [3.63, 3.8) is 0 Å². The van der Waals surface area contributed by atoms with E-state index in [1.54, 1.807) is 35.2 Å². The number of benzene rings is 2. The summed E-state index contributed by atoms with van der Waals surface area (Å²) in [6, 6.07) is 15.8. The van der Waals surface area contributed by atoms with Gasteiger partial charge in [-0.05, 0) is 64.1 Å². The van der Waals surface area contributed by atoms with E-state index in [-0.39, 0.29) is 12.1 Å². The Morgan fingerprint density at radius 3 is 2.36 bits per heavy atom. The number of hydrogen-bond acceptors (Lipinski definition) is 8. The predicted molar refractivity (Wildman–Crippen MR) is 177 cm³/mol. The summed E-state index contributed by atoms with van der Waals surface area (Å²) in [5.41, 5.74) is 5.90. The zero-order valence-electron chi connectivity index (χ0n) is 26.9. The Morgan fingerprint density at radius 2 is 1.69 bits per heavy atom. The standard InChI is InChI=1S/C35H41N7O3/c1-23(2)45-30-19-28(40-16-14-39(5)15-17-40)11-10-26(30)18-31-36-20-27-22-41(33-24(3)8-7-9-25(33)4)35(43)42(34(27)38-31)32-13-12-29(44-6)21-37-32/h7-13,19-21,23H,14-18,22H2,1-6H3. The molecular weight excluding hydrogens is 566 g/mol. The molecule has 2 aliphatic heterocycles. The molecule has 10 nitrogen and oxygen atoms in total. The lowest BCUT2D eigenvalue weighted by atomic mass is 10.1. The Kier molecular flexibility index (Phi) is 8.58. The van der Waals surface area contributed by atoms with E-state index in [1.807, 2.05) is 52.1 Å². The number of aromatic nitrogens is 3. The van der Waals surface area contributed by atoms with Crippen molar-refractivity contribution in [1.29, 1.82) is 0 Å². The molecule has 0 saturated carbocycles. The summed E-state index contributed by atoms with van der Waals surface area (Å²) in [6.07, 6.45) is 3.92. The molecule has 2 aliphatic rings. The first-order valence-corrected chi connectivity index (χ1v) is 15.5. The van der Waals surface area contributed by atoms with Gasteiger partial charge in [-0.25, -0.2) is 24.6 Å². The second kappa shape index (κ2) is 12.7. The normalized spacial score (nSPS) is 15.4. The maximum atomic E-state index is 14.3. The number of urea groups is 1. The zero-order valence-corrected chi connectivity index (χ0v) is 26.9. The monoisotopic (exact) mass is 607 g/mol. The van der Waals surface area contributed by atoms with Crippen LogP contribution in [-0.4, -0.2) is 72.3 Å². The van der Waals surface area contributed by atoms with Gasteiger partial charge >= 0.3 is 6.03 Å². The van der Waals surface area contributed by atoms with E-state index >= 15 is 0 Å². The third-order valence-electron chi connectivity index (χ3n) is 8.38. The van der Waals surface area contributed by atoms with E-state index in [9.17, 15) is 4.79 Å². The average molecular weight is 608 g/mol. The first kappa shape index (κ1) is 30.3. The van der Waals surface area contributed by atoms with Crippen LogP contribution in [0.3, 0.4) is 0 Å². The molecule has 10 heteroatoms. The number of rotatable bonds is 8. The van der Waals surface area contributed by atoms with Crippen LogP contribution < -0.4 is 24.2 Å². The summed E-state index contributed by atoms with van der Waals surface area (Å²) in [6.45, 7) is 12.5. The Labute approximate surface area is 265 Å². The van der Waals surface area contributed by atoms with Crippen LogP contribution in [0, 0.1) is 13.8 Å². The summed E-state index contributed by atoms with van der Waals surface area (Å²) < 4.78 is 11.6. The van der Waals surface area contributed by atoms with Crippen LogP contribution in [-0.2, 0) is 13.0 Å². The summed E-state index contributed by atoms with van der Waals surface area (Å²) in [5, 5.41) is 0. The number of likely N-dealkylation sites (N-methyl/N-ethyl adjacent to an activating group) is 1. The number of carbonyl (C=O) groups is 1. The molecule has 2 amide bonds. The van der Waals surface area contributed by atoms with Gasteiger partial charge < -0.3 is 19.3 Å². The largest absolute Gasteiger partial charge is 0.495 e. The van der Waals surface area contributed by atoms with Gasteiger partial charge in [-0.1, -0.05) is 24.3 Å². The second-order valence-corrected chi connectivity index (χ2v) is 12.1. The van der Waals surface area contributed by atoms with Crippen LogP contribution in [0.4, 0.5) is 27.8 Å². The van der Waals surface area contributed by atoms with Crippen molar-refractivity contribution in [3.8, 4) is 11.5 Å². The number of pyridine rings is 1. The fourth-order valence-electron chi connectivity index (χ4n) is 6.00. The summed E-state index contributed by atoms with van der Waals surface area (Å²) in [5.74, 6) is 3.03.